The number of carbonyl (C=O) groups is 3. The lowest BCUT2D eigenvalue weighted by atomic mass is 10.0. The minimum atomic E-state index is -0.793. The van der Waals surface area contributed by atoms with Gasteiger partial charge in [-0.15, -0.1) is 0 Å². The zero-order valence-corrected chi connectivity index (χ0v) is 52.9. The van der Waals surface area contributed by atoms with Gasteiger partial charge < -0.3 is 14.2 Å². The second kappa shape index (κ2) is 67.6. The van der Waals surface area contributed by atoms with Crippen LogP contribution in [0.5, 0.6) is 0 Å². The SMILES string of the molecule is CC/C=C\C/C=C\C/C=C\CCCCCC(=O)OCC(COC(=O)CCCCCCCCCCCCCCCCCCCCCCCCCCCCCCCCCC)OC(=O)CCCCCCC/C=C\C/C=C\CCCCCC. The highest BCUT2D eigenvalue weighted by Gasteiger charge is 2.19. The predicted molar refractivity (Wildman–Crippen MR) is 344 cm³/mol. The molecule has 0 N–H and O–H groups in total. The van der Waals surface area contributed by atoms with Crippen LogP contribution in [-0.4, -0.2) is 37.2 Å². The smallest absolute Gasteiger partial charge is 0.306 e. The first-order valence-electron chi connectivity index (χ1n) is 34.8. The monoisotopic (exact) mass is 1110 g/mol. The standard InChI is InChI=1S/C73H132O6/c1-4-7-10-13-16-19-22-25-27-29-30-31-32-33-34-35-36-37-38-39-40-41-42-43-44-46-48-51-54-57-60-63-66-72(75)78-69-70(68-77-71(74)65-62-59-56-53-50-47-24-21-18-15-12-9-6-3)79-73(76)67-64-61-58-55-52-49-45-28-26-23-20-17-14-11-8-5-2/h9,12,18,20-21,23,28,45,47,50,70H,4-8,10-11,13-17,19,22,24-27,29-44,46,48-49,51-69H2,1-3H3/b12-9-,21-18-,23-20-,45-28-,50-47-. The van der Waals surface area contributed by atoms with Gasteiger partial charge in [0.25, 0.3) is 0 Å². The summed E-state index contributed by atoms with van der Waals surface area (Å²) in [6.07, 6.45) is 87.0. The highest BCUT2D eigenvalue weighted by Crippen LogP contribution is 2.18. The number of rotatable bonds is 64. The Morgan fingerprint density at radius 3 is 0.797 bits per heavy atom. The Morgan fingerprint density at radius 1 is 0.266 bits per heavy atom. The van der Waals surface area contributed by atoms with E-state index >= 15 is 0 Å². The molecule has 0 rings (SSSR count). The highest BCUT2D eigenvalue weighted by atomic mass is 16.6. The number of hydrogen-bond donors (Lipinski definition) is 0. The van der Waals surface area contributed by atoms with Crippen molar-refractivity contribution in [3.05, 3.63) is 60.8 Å². The summed E-state index contributed by atoms with van der Waals surface area (Å²) in [5.74, 6) is -0.913. The lowest BCUT2D eigenvalue weighted by Crippen LogP contribution is -2.30. The van der Waals surface area contributed by atoms with Gasteiger partial charge in [0.2, 0.25) is 0 Å². The van der Waals surface area contributed by atoms with E-state index in [0.717, 1.165) is 109 Å². The summed E-state index contributed by atoms with van der Waals surface area (Å²) in [4.78, 5) is 38.3. The molecule has 0 aliphatic heterocycles. The molecular weight excluding hydrogens is 973 g/mol. The quantitative estimate of drug-likeness (QED) is 0.0261. The fourth-order valence-electron chi connectivity index (χ4n) is 10.3. The molecule has 0 saturated heterocycles. The molecule has 0 aliphatic rings. The third-order valence-corrected chi connectivity index (χ3v) is 15.5. The summed E-state index contributed by atoms with van der Waals surface area (Å²) in [5, 5.41) is 0. The molecule has 6 heteroatoms. The molecule has 0 heterocycles. The van der Waals surface area contributed by atoms with Crippen molar-refractivity contribution in [2.45, 2.75) is 374 Å². The first-order valence-corrected chi connectivity index (χ1v) is 34.8. The molecular formula is C73H132O6. The average molecular weight is 1110 g/mol. The summed E-state index contributed by atoms with van der Waals surface area (Å²) in [6.45, 7) is 6.52. The van der Waals surface area contributed by atoms with E-state index in [4.69, 9.17) is 14.2 Å². The van der Waals surface area contributed by atoms with Crippen molar-refractivity contribution in [2.75, 3.05) is 13.2 Å². The second-order valence-corrected chi connectivity index (χ2v) is 23.4. The number of carbonyl (C=O) groups excluding carboxylic acids is 3. The molecule has 6 nitrogen and oxygen atoms in total. The third-order valence-electron chi connectivity index (χ3n) is 15.5. The van der Waals surface area contributed by atoms with Crippen molar-refractivity contribution >= 4 is 17.9 Å². The molecule has 0 radical (unpaired) electrons. The van der Waals surface area contributed by atoms with E-state index < -0.39 is 6.10 Å². The minimum absolute atomic E-state index is 0.0866. The van der Waals surface area contributed by atoms with Crippen molar-refractivity contribution in [3.63, 3.8) is 0 Å². The van der Waals surface area contributed by atoms with Crippen LogP contribution < -0.4 is 0 Å². The topological polar surface area (TPSA) is 78.9 Å². The highest BCUT2D eigenvalue weighted by molar-refractivity contribution is 5.71. The molecule has 79 heavy (non-hydrogen) atoms. The maximum absolute atomic E-state index is 12.9. The molecule has 460 valence electrons. The van der Waals surface area contributed by atoms with Crippen LogP contribution in [0.2, 0.25) is 0 Å². The molecule has 0 aliphatic carbocycles. The van der Waals surface area contributed by atoms with Gasteiger partial charge in [-0.25, -0.2) is 0 Å². The maximum atomic E-state index is 12.9. The second-order valence-electron chi connectivity index (χ2n) is 23.4. The van der Waals surface area contributed by atoms with Crippen molar-refractivity contribution in [1.82, 2.24) is 0 Å². The van der Waals surface area contributed by atoms with Crippen molar-refractivity contribution in [1.29, 1.82) is 0 Å². The van der Waals surface area contributed by atoms with Crippen LogP contribution >= 0.6 is 0 Å². The molecule has 1 unspecified atom stereocenters. The van der Waals surface area contributed by atoms with Crippen molar-refractivity contribution < 1.29 is 28.6 Å². The van der Waals surface area contributed by atoms with Crippen LogP contribution in [-0.2, 0) is 28.6 Å². The summed E-state index contributed by atoms with van der Waals surface area (Å²) in [6, 6.07) is 0. The lowest BCUT2D eigenvalue weighted by molar-refractivity contribution is -0.167. The Kier molecular flexibility index (Phi) is 65.1. The van der Waals surface area contributed by atoms with Gasteiger partial charge in [-0.1, -0.05) is 326 Å². The molecule has 0 bridgehead atoms. The van der Waals surface area contributed by atoms with Crippen LogP contribution in [0.3, 0.4) is 0 Å². The van der Waals surface area contributed by atoms with Gasteiger partial charge >= 0.3 is 17.9 Å². The predicted octanol–water partition coefficient (Wildman–Crippen LogP) is 23.9. The normalized spacial score (nSPS) is 12.4. The fourth-order valence-corrected chi connectivity index (χ4v) is 10.3. The first-order chi connectivity index (χ1) is 39.0. The van der Waals surface area contributed by atoms with Crippen LogP contribution in [0.15, 0.2) is 60.8 Å². The molecule has 0 aromatic heterocycles. The Morgan fingerprint density at radius 2 is 0.494 bits per heavy atom. The number of esters is 3. The van der Waals surface area contributed by atoms with Gasteiger partial charge in [0.15, 0.2) is 6.10 Å². The van der Waals surface area contributed by atoms with Gasteiger partial charge in [0, 0.05) is 19.3 Å². The van der Waals surface area contributed by atoms with Gasteiger partial charge in [-0.3, -0.25) is 14.4 Å². The van der Waals surface area contributed by atoms with Gasteiger partial charge in [0.05, 0.1) is 0 Å². The van der Waals surface area contributed by atoms with Crippen molar-refractivity contribution in [3.8, 4) is 0 Å². The number of allylic oxidation sites excluding steroid dienone is 10. The zero-order chi connectivity index (χ0) is 57.1. The summed E-state index contributed by atoms with van der Waals surface area (Å²) >= 11 is 0. The molecule has 0 aromatic rings. The number of hydrogen-bond acceptors (Lipinski definition) is 6. The summed E-state index contributed by atoms with van der Waals surface area (Å²) < 4.78 is 16.9. The number of ether oxygens (including phenoxy) is 3. The Bertz CT molecular complexity index is 1410. The minimum Gasteiger partial charge on any atom is -0.462 e. The van der Waals surface area contributed by atoms with Crippen molar-refractivity contribution in [2.24, 2.45) is 0 Å². The first kappa shape index (κ1) is 76.1. The largest absolute Gasteiger partial charge is 0.462 e. The molecule has 0 spiro atoms. The molecule has 0 aromatic carbocycles. The van der Waals surface area contributed by atoms with Crippen LogP contribution in [0, 0.1) is 0 Å². The Hall–Kier alpha value is -2.89. The molecule has 0 fully saturated rings. The Balaban J connectivity index is 4.13. The molecule has 0 amide bonds. The van der Waals surface area contributed by atoms with Crippen LogP contribution in [0.1, 0.15) is 367 Å². The fraction of sp³-hybridized carbons (Fsp3) is 0.822. The number of unbranched alkanes of at least 4 members (excludes halogenated alkanes) is 43. The lowest BCUT2D eigenvalue weighted by Gasteiger charge is -2.18. The van der Waals surface area contributed by atoms with Gasteiger partial charge in [-0.2, -0.15) is 0 Å². The third kappa shape index (κ3) is 65.8. The molecule has 0 saturated carbocycles. The Labute approximate surface area is 491 Å². The van der Waals surface area contributed by atoms with E-state index in [0.29, 0.717) is 19.3 Å². The summed E-state index contributed by atoms with van der Waals surface area (Å²) in [5.41, 5.74) is 0. The maximum Gasteiger partial charge on any atom is 0.306 e. The van der Waals surface area contributed by atoms with E-state index in [9.17, 15) is 14.4 Å². The average Bonchev–Trinajstić information content (AvgIpc) is 3.45. The zero-order valence-electron chi connectivity index (χ0n) is 52.9. The van der Waals surface area contributed by atoms with E-state index in [2.05, 4.69) is 81.5 Å². The van der Waals surface area contributed by atoms with E-state index in [-0.39, 0.29) is 31.1 Å². The van der Waals surface area contributed by atoms with E-state index in [1.165, 1.54) is 218 Å². The van der Waals surface area contributed by atoms with Gasteiger partial charge in [0.1, 0.15) is 13.2 Å². The van der Waals surface area contributed by atoms with E-state index in [1.807, 2.05) is 0 Å². The summed E-state index contributed by atoms with van der Waals surface area (Å²) in [7, 11) is 0. The van der Waals surface area contributed by atoms with Crippen LogP contribution in [0.25, 0.3) is 0 Å². The van der Waals surface area contributed by atoms with Crippen LogP contribution in [0.4, 0.5) is 0 Å². The van der Waals surface area contributed by atoms with Gasteiger partial charge in [-0.05, 0) is 83.5 Å². The van der Waals surface area contributed by atoms with E-state index in [1.54, 1.807) is 0 Å². The molecule has 1 atom stereocenters.